The third-order valence-corrected chi connectivity index (χ3v) is 3.07. The molecule has 0 aliphatic carbocycles. The summed E-state index contributed by atoms with van der Waals surface area (Å²) in [6.45, 7) is 2.35. The van der Waals surface area contributed by atoms with E-state index in [4.69, 9.17) is 5.11 Å². The van der Waals surface area contributed by atoms with Crippen molar-refractivity contribution >= 4 is 23.2 Å². The van der Waals surface area contributed by atoms with Crippen LogP contribution in [-0.4, -0.2) is 36.1 Å². The number of hydrogen-bond acceptors (Lipinski definition) is 4. The Morgan fingerprint density at radius 1 is 1.44 bits per heavy atom. The molecule has 0 saturated heterocycles. The van der Waals surface area contributed by atoms with Gasteiger partial charge in [0.25, 0.3) is 5.91 Å². The Morgan fingerprint density at radius 3 is 2.83 bits per heavy atom. The monoisotopic (exact) mass is 270 g/mol. The molecular formula is C12H18N2O3S. The van der Waals surface area contributed by atoms with Crippen molar-refractivity contribution in [2.75, 3.05) is 13.1 Å². The molecule has 1 heterocycles. The first kappa shape index (κ1) is 14.7. The summed E-state index contributed by atoms with van der Waals surface area (Å²) in [5, 5.41) is 16.2. The standard InChI is InChI=1S/C12H18N2O3S/c1-9(15)8-14-11(16)5-2-6-13-12(17)10-4-3-7-18-10/h3-4,7,9,15H,2,5-6,8H2,1H3,(H,13,17)(H,14,16)/t9-/m1/s1. The SMILES string of the molecule is C[C@@H](O)CNC(=O)CCCNC(=O)c1cccs1. The summed E-state index contributed by atoms with van der Waals surface area (Å²) in [6, 6.07) is 3.58. The summed E-state index contributed by atoms with van der Waals surface area (Å²) in [5.41, 5.74) is 0. The molecule has 2 amide bonds. The van der Waals surface area contributed by atoms with Crippen molar-refractivity contribution in [3.05, 3.63) is 22.4 Å². The maximum absolute atomic E-state index is 11.5. The topological polar surface area (TPSA) is 78.4 Å². The lowest BCUT2D eigenvalue weighted by molar-refractivity contribution is -0.121. The van der Waals surface area contributed by atoms with Gasteiger partial charge < -0.3 is 15.7 Å². The fraction of sp³-hybridized carbons (Fsp3) is 0.500. The first-order valence-electron chi connectivity index (χ1n) is 5.86. The average molecular weight is 270 g/mol. The lowest BCUT2D eigenvalue weighted by Crippen LogP contribution is -2.31. The minimum absolute atomic E-state index is 0.102. The second kappa shape index (κ2) is 7.84. The zero-order valence-corrected chi connectivity index (χ0v) is 11.1. The number of rotatable bonds is 7. The first-order valence-corrected chi connectivity index (χ1v) is 6.74. The number of aliphatic hydroxyl groups is 1. The van der Waals surface area contributed by atoms with Crippen molar-refractivity contribution in [2.45, 2.75) is 25.9 Å². The Labute approximate surface area is 110 Å². The van der Waals surface area contributed by atoms with Crippen LogP contribution >= 0.6 is 11.3 Å². The van der Waals surface area contributed by atoms with Gasteiger partial charge in [0.1, 0.15) is 0 Å². The highest BCUT2D eigenvalue weighted by molar-refractivity contribution is 7.12. The molecule has 0 aromatic carbocycles. The summed E-state index contributed by atoms with van der Waals surface area (Å²) in [4.78, 5) is 23.5. The van der Waals surface area contributed by atoms with Crippen molar-refractivity contribution in [3.63, 3.8) is 0 Å². The van der Waals surface area contributed by atoms with Gasteiger partial charge in [0.05, 0.1) is 11.0 Å². The molecule has 0 saturated carbocycles. The van der Waals surface area contributed by atoms with Gasteiger partial charge in [-0.2, -0.15) is 0 Å². The van der Waals surface area contributed by atoms with E-state index in [-0.39, 0.29) is 18.4 Å². The quantitative estimate of drug-likeness (QED) is 0.640. The van der Waals surface area contributed by atoms with Gasteiger partial charge in [-0.05, 0) is 24.8 Å². The Balaban J connectivity index is 2.08. The highest BCUT2D eigenvalue weighted by Crippen LogP contribution is 2.07. The van der Waals surface area contributed by atoms with E-state index in [2.05, 4.69) is 10.6 Å². The van der Waals surface area contributed by atoms with Crippen molar-refractivity contribution in [1.82, 2.24) is 10.6 Å². The van der Waals surface area contributed by atoms with Gasteiger partial charge in [-0.3, -0.25) is 9.59 Å². The second-order valence-corrected chi connectivity index (χ2v) is 4.94. The molecule has 0 aliphatic rings. The summed E-state index contributed by atoms with van der Waals surface area (Å²) >= 11 is 1.39. The van der Waals surface area contributed by atoms with E-state index in [9.17, 15) is 9.59 Å². The maximum atomic E-state index is 11.5. The zero-order chi connectivity index (χ0) is 13.4. The summed E-state index contributed by atoms with van der Waals surface area (Å²) < 4.78 is 0. The zero-order valence-electron chi connectivity index (χ0n) is 10.3. The van der Waals surface area contributed by atoms with E-state index in [1.807, 2.05) is 11.4 Å². The molecule has 0 fully saturated rings. The Kier molecular flexibility index (Phi) is 6.38. The highest BCUT2D eigenvalue weighted by atomic mass is 32.1. The molecule has 0 spiro atoms. The predicted molar refractivity (Wildman–Crippen MR) is 70.6 cm³/mol. The van der Waals surface area contributed by atoms with E-state index in [0.29, 0.717) is 24.3 Å². The lowest BCUT2D eigenvalue weighted by atomic mass is 10.3. The minimum atomic E-state index is -0.535. The van der Waals surface area contributed by atoms with Crippen LogP contribution in [0.2, 0.25) is 0 Å². The molecule has 18 heavy (non-hydrogen) atoms. The third kappa shape index (κ3) is 5.79. The molecule has 1 atom stereocenters. The predicted octanol–water partition coefficient (Wildman–Crippen LogP) is 0.755. The smallest absolute Gasteiger partial charge is 0.261 e. The van der Waals surface area contributed by atoms with Gasteiger partial charge in [-0.1, -0.05) is 6.07 Å². The van der Waals surface area contributed by atoms with Crippen LogP contribution in [0.15, 0.2) is 17.5 Å². The van der Waals surface area contributed by atoms with Crippen molar-refractivity contribution < 1.29 is 14.7 Å². The van der Waals surface area contributed by atoms with Crippen LogP contribution in [0.3, 0.4) is 0 Å². The van der Waals surface area contributed by atoms with E-state index in [1.165, 1.54) is 11.3 Å². The van der Waals surface area contributed by atoms with E-state index in [1.54, 1.807) is 13.0 Å². The van der Waals surface area contributed by atoms with Gasteiger partial charge in [0.2, 0.25) is 5.91 Å². The van der Waals surface area contributed by atoms with E-state index in [0.717, 1.165) is 0 Å². The molecule has 1 aromatic heterocycles. The molecule has 0 aliphatic heterocycles. The van der Waals surface area contributed by atoms with Crippen molar-refractivity contribution in [2.24, 2.45) is 0 Å². The molecule has 0 unspecified atom stereocenters. The maximum Gasteiger partial charge on any atom is 0.261 e. The number of aliphatic hydroxyl groups excluding tert-OH is 1. The summed E-state index contributed by atoms with van der Waals surface area (Å²) in [7, 11) is 0. The van der Waals surface area contributed by atoms with Crippen LogP contribution in [-0.2, 0) is 4.79 Å². The summed E-state index contributed by atoms with van der Waals surface area (Å²) in [6.07, 6.45) is 0.396. The van der Waals surface area contributed by atoms with Gasteiger partial charge in [-0.25, -0.2) is 0 Å². The van der Waals surface area contributed by atoms with Gasteiger partial charge >= 0.3 is 0 Å². The molecule has 100 valence electrons. The van der Waals surface area contributed by atoms with Crippen LogP contribution in [0.5, 0.6) is 0 Å². The molecule has 3 N–H and O–H groups in total. The number of nitrogens with one attached hydrogen (secondary N) is 2. The summed E-state index contributed by atoms with van der Waals surface area (Å²) in [5.74, 6) is -0.212. The fourth-order valence-corrected chi connectivity index (χ4v) is 1.94. The van der Waals surface area contributed by atoms with Crippen molar-refractivity contribution in [1.29, 1.82) is 0 Å². The molecule has 0 radical (unpaired) electrons. The highest BCUT2D eigenvalue weighted by Gasteiger charge is 2.06. The van der Waals surface area contributed by atoms with Crippen LogP contribution in [0, 0.1) is 0 Å². The lowest BCUT2D eigenvalue weighted by Gasteiger charge is -2.07. The number of carbonyl (C=O) groups is 2. The Morgan fingerprint density at radius 2 is 2.22 bits per heavy atom. The molecule has 6 heteroatoms. The minimum Gasteiger partial charge on any atom is -0.392 e. The molecule has 1 rings (SSSR count). The van der Waals surface area contributed by atoms with Crippen molar-refractivity contribution in [3.8, 4) is 0 Å². The Bertz CT molecular complexity index is 377. The average Bonchev–Trinajstić information content (AvgIpc) is 2.85. The van der Waals surface area contributed by atoms with Crippen LogP contribution in [0.25, 0.3) is 0 Å². The van der Waals surface area contributed by atoms with Gasteiger partial charge in [-0.15, -0.1) is 11.3 Å². The third-order valence-electron chi connectivity index (χ3n) is 2.21. The van der Waals surface area contributed by atoms with Gasteiger partial charge in [0.15, 0.2) is 0 Å². The molecule has 5 nitrogen and oxygen atoms in total. The fourth-order valence-electron chi connectivity index (χ4n) is 1.30. The van der Waals surface area contributed by atoms with Crippen LogP contribution in [0.1, 0.15) is 29.4 Å². The van der Waals surface area contributed by atoms with Crippen LogP contribution < -0.4 is 10.6 Å². The van der Waals surface area contributed by atoms with Gasteiger partial charge in [0, 0.05) is 19.5 Å². The van der Waals surface area contributed by atoms with E-state index >= 15 is 0 Å². The Hall–Kier alpha value is -1.40. The molecule has 0 bridgehead atoms. The van der Waals surface area contributed by atoms with Crippen LogP contribution in [0.4, 0.5) is 0 Å². The second-order valence-electron chi connectivity index (χ2n) is 3.99. The number of carbonyl (C=O) groups excluding carboxylic acids is 2. The molecular weight excluding hydrogens is 252 g/mol. The normalized spacial score (nSPS) is 11.9. The van der Waals surface area contributed by atoms with E-state index < -0.39 is 6.10 Å². The number of hydrogen-bond donors (Lipinski definition) is 3. The molecule has 1 aromatic rings. The number of amides is 2. The number of thiophene rings is 1. The first-order chi connectivity index (χ1) is 8.59. The largest absolute Gasteiger partial charge is 0.392 e.